The Labute approximate surface area is 189 Å². The molecule has 1 atom stereocenters. The number of hydrogen-bond acceptors (Lipinski definition) is 5. The first-order valence-corrected chi connectivity index (χ1v) is 11.3. The van der Waals surface area contributed by atoms with Crippen LogP contribution in [0, 0.1) is 5.92 Å². The second-order valence-electron chi connectivity index (χ2n) is 8.75. The first-order valence-electron chi connectivity index (χ1n) is 11.3. The molecule has 3 heterocycles. The predicted molar refractivity (Wildman–Crippen MR) is 120 cm³/mol. The number of nitrogens with zero attached hydrogens (tertiary/aromatic N) is 2. The minimum atomic E-state index is -0.182. The van der Waals surface area contributed by atoms with E-state index in [1.54, 1.807) is 31.6 Å². The van der Waals surface area contributed by atoms with Crippen molar-refractivity contribution in [3.8, 4) is 5.75 Å². The van der Waals surface area contributed by atoms with Crippen LogP contribution in [0.3, 0.4) is 0 Å². The summed E-state index contributed by atoms with van der Waals surface area (Å²) in [5, 5.41) is 3.05. The molecular formula is C25H31N3O4. The van der Waals surface area contributed by atoms with Crippen molar-refractivity contribution in [2.24, 2.45) is 5.92 Å². The number of piperidine rings is 1. The maximum atomic E-state index is 12.8. The van der Waals surface area contributed by atoms with Crippen LogP contribution in [0.1, 0.15) is 41.6 Å². The van der Waals surface area contributed by atoms with Gasteiger partial charge in [-0.25, -0.2) is 0 Å². The standard InChI is InChI=1S/C25H31N3O4/c1-31-22-6-4-19(5-7-22)15-23(29)28-12-9-25(10-13-28)16-20(8-14-32-25)17-27-24(30)21-3-2-11-26-18-21/h2-7,11,18,20H,8-10,12-17H2,1H3,(H,27,30). The predicted octanol–water partition coefficient (Wildman–Crippen LogP) is 2.85. The van der Waals surface area contributed by atoms with Crippen LogP contribution in [-0.2, 0) is 16.0 Å². The van der Waals surface area contributed by atoms with Gasteiger partial charge in [-0.05, 0) is 61.4 Å². The van der Waals surface area contributed by atoms with Crippen LogP contribution in [0.4, 0.5) is 0 Å². The van der Waals surface area contributed by atoms with E-state index in [4.69, 9.17) is 9.47 Å². The van der Waals surface area contributed by atoms with Crippen LogP contribution in [0.15, 0.2) is 48.8 Å². The van der Waals surface area contributed by atoms with Crippen molar-refractivity contribution in [3.05, 3.63) is 59.9 Å². The number of likely N-dealkylation sites (tertiary alicyclic amines) is 1. The molecule has 32 heavy (non-hydrogen) atoms. The highest BCUT2D eigenvalue weighted by Crippen LogP contribution is 2.37. The van der Waals surface area contributed by atoms with E-state index in [9.17, 15) is 9.59 Å². The molecule has 2 amide bonds. The van der Waals surface area contributed by atoms with E-state index >= 15 is 0 Å². The fourth-order valence-electron chi connectivity index (χ4n) is 4.68. The Morgan fingerprint density at radius 2 is 2.00 bits per heavy atom. The molecule has 7 heteroatoms. The SMILES string of the molecule is COc1ccc(CC(=O)N2CCC3(CC2)CC(CNC(=O)c2cccnc2)CCO3)cc1. The van der Waals surface area contributed by atoms with Gasteiger partial charge < -0.3 is 19.7 Å². The van der Waals surface area contributed by atoms with Gasteiger partial charge in [0, 0.05) is 38.6 Å². The monoisotopic (exact) mass is 437 g/mol. The van der Waals surface area contributed by atoms with Crippen LogP contribution in [0.5, 0.6) is 5.75 Å². The Morgan fingerprint density at radius 1 is 1.22 bits per heavy atom. The Balaban J connectivity index is 1.25. The van der Waals surface area contributed by atoms with E-state index in [-0.39, 0.29) is 17.4 Å². The summed E-state index contributed by atoms with van der Waals surface area (Å²) in [7, 11) is 1.64. The second-order valence-corrected chi connectivity index (χ2v) is 8.75. The Hall–Kier alpha value is -2.93. The maximum absolute atomic E-state index is 12.8. The fourth-order valence-corrected chi connectivity index (χ4v) is 4.68. The van der Waals surface area contributed by atoms with Crippen molar-refractivity contribution >= 4 is 11.8 Å². The number of aromatic nitrogens is 1. The van der Waals surface area contributed by atoms with Crippen molar-refractivity contribution in [2.75, 3.05) is 33.4 Å². The van der Waals surface area contributed by atoms with Gasteiger partial charge in [-0.3, -0.25) is 14.6 Å². The summed E-state index contributed by atoms with van der Waals surface area (Å²) in [5.74, 6) is 1.24. The fraction of sp³-hybridized carbons (Fsp3) is 0.480. The van der Waals surface area contributed by atoms with E-state index < -0.39 is 0 Å². The van der Waals surface area contributed by atoms with Gasteiger partial charge in [-0.2, -0.15) is 0 Å². The molecule has 1 unspecified atom stereocenters. The van der Waals surface area contributed by atoms with Crippen LogP contribution in [0.25, 0.3) is 0 Å². The Morgan fingerprint density at radius 3 is 2.69 bits per heavy atom. The van der Waals surface area contributed by atoms with Gasteiger partial charge in [0.15, 0.2) is 0 Å². The molecule has 1 spiro atoms. The van der Waals surface area contributed by atoms with Gasteiger partial charge >= 0.3 is 0 Å². The van der Waals surface area contributed by atoms with Gasteiger partial charge in [-0.1, -0.05) is 12.1 Å². The zero-order chi connectivity index (χ0) is 22.4. The number of hydrogen-bond donors (Lipinski definition) is 1. The molecule has 1 aromatic heterocycles. The van der Waals surface area contributed by atoms with Gasteiger partial charge in [0.2, 0.25) is 5.91 Å². The lowest BCUT2D eigenvalue weighted by Crippen LogP contribution is -2.52. The van der Waals surface area contributed by atoms with Crippen LogP contribution in [0.2, 0.25) is 0 Å². The summed E-state index contributed by atoms with van der Waals surface area (Å²) in [6, 6.07) is 11.2. The highest BCUT2D eigenvalue weighted by atomic mass is 16.5. The number of benzene rings is 1. The zero-order valence-corrected chi connectivity index (χ0v) is 18.6. The quantitative estimate of drug-likeness (QED) is 0.752. The van der Waals surface area contributed by atoms with Crippen molar-refractivity contribution in [2.45, 2.75) is 37.7 Å². The summed E-state index contributed by atoms with van der Waals surface area (Å²) in [6.07, 6.45) is 7.19. The third-order valence-corrected chi connectivity index (χ3v) is 6.61. The molecule has 0 radical (unpaired) electrons. The lowest BCUT2D eigenvalue weighted by molar-refractivity contribution is -0.146. The Kier molecular flexibility index (Phi) is 7.05. The number of rotatable bonds is 6. The summed E-state index contributed by atoms with van der Waals surface area (Å²) >= 11 is 0. The number of ether oxygens (including phenoxy) is 2. The highest BCUT2D eigenvalue weighted by molar-refractivity contribution is 5.93. The van der Waals surface area contributed by atoms with E-state index in [0.29, 0.717) is 44.1 Å². The minimum absolute atomic E-state index is 0.0856. The molecule has 7 nitrogen and oxygen atoms in total. The molecule has 0 bridgehead atoms. The summed E-state index contributed by atoms with van der Waals surface area (Å²) < 4.78 is 11.4. The van der Waals surface area contributed by atoms with E-state index in [1.165, 1.54) is 0 Å². The van der Waals surface area contributed by atoms with E-state index in [0.717, 1.165) is 37.0 Å². The molecule has 2 saturated heterocycles. The lowest BCUT2D eigenvalue weighted by atomic mass is 9.79. The van der Waals surface area contributed by atoms with Crippen LogP contribution >= 0.6 is 0 Å². The topological polar surface area (TPSA) is 80.8 Å². The number of pyridine rings is 1. The largest absolute Gasteiger partial charge is 0.497 e. The van der Waals surface area contributed by atoms with Crippen molar-refractivity contribution < 1.29 is 19.1 Å². The average Bonchev–Trinajstić information content (AvgIpc) is 2.84. The first kappa shape index (κ1) is 22.3. The summed E-state index contributed by atoms with van der Waals surface area (Å²) in [6.45, 7) is 2.76. The normalized spacial score (nSPS) is 20.0. The number of methoxy groups -OCH3 is 1. The third-order valence-electron chi connectivity index (χ3n) is 6.61. The second kappa shape index (κ2) is 10.1. The van der Waals surface area contributed by atoms with Crippen LogP contribution in [-0.4, -0.2) is 60.7 Å². The number of nitrogens with one attached hydrogen (secondary N) is 1. The van der Waals surface area contributed by atoms with Crippen LogP contribution < -0.4 is 10.1 Å². The molecule has 4 rings (SSSR count). The van der Waals surface area contributed by atoms with Crippen molar-refractivity contribution in [1.82, 2.24) is 15.2 Å². The number of carbonyl (C=O) groups excluding carboxylic acids is 2. The average molecular weight is 438 g/mol. The van der Waals surface area contributed by atoms with Crippen molar-refractivity contribution in [1.29, 1.82) is 0 Å². The van der Waals surface area contributed by atoms with E-state index in [1.807, 2.05) is 29.2 Å². The molecule has 1 N–H and O–H groups in total. The molecule has 2 aliphatic heterocycles. The molecule has 1 aromatic carbocycles. The van der Waals surface area contributed by atoms with E-state index in [2.05, 4.69) is 10.3 Å². The van der Waals surface area contributed by atoms with Crippen molar-refractivity contribution in [3.63, 3.8) is 0 Å². The molecule has 2 aliphatic rings. The zero-order valence-electron chi connectivity index (χ0n) is 18.6. The minimum Gasteiger partial charge on any atom is -0.497 e. The van der Waals surface area contributed by atoms with Gasteiger partial charge in [0.1, 0.15) is 5.75 Å². The summed E-state index contributed by atoms with van der Waals surface area (Å²) in [5.41, 5.74) is 1.39. The first-order chi connectivity index (χ1) is 15.6. The summed E-state index contributed by atoms with van der Waals surface area (Å²) in [4.78, 5) is 31.1. The molecule has 2 aromatic rings. The Bertz CT molecular complexity index is 909. The third kappa shape index (κ3) is 5.46. The van der Waals surface area contributed by atoms with Gasteiger partial charge in [-0.15, -0.1) is 0 Å². The maximum Gasteiger partial charge on any atom is 0.252 e. The highest BCUT2D eigenvalue weighted by Gasteiger charge is 2.41. The lowest BCUT2D eigenvalue weighted by Gasteiger charge is -2.46. The molecule has 0 saturated carbocycles. The molecule has 2 fully saturated rings. The number of carbonyl (C=O) groups is 2. The van der Waals surface area contributed by atoms with Gasteiger partial charge in [0.05, 0.1) is 24.7 Å². The molecule has 0 aliphatic carbocycles. The number of amides is 2. The molecule has 170 valence electrons. The van der Waals surface area contributed by atoms with Gasteiger partial charge in [0.25, 0.3) is 5.91 Å². The smallest absolute Gasteiger partial charge is 0.252 e. The molecular weight excluding hydrogens is 406 g/mol.